The average Bonchev–Trinajstić information content (AvgIpc) is 3.14. The second-order valence-corrected chi connectivity index (χ2v) is 5.29. The third-order valence-electron chi connectivity index (χ3n) is 3.29. The molecule has 0 unspecified atom stereocenters. The van der Waals surface area contributed by atoms with Gasteiger partial charge in [0, 0.05) is 18.3 Å². The maximum atomic E-state index is 12.5. The minimum absolute atomic E-state index is 0.233. The molecule has 9 nitrogen and oxygen atoms in total. The van der Waals surface area contributed by atoms with Gasteiger partial charge >= 0.3 is 5.69 Å². The fourth-order valence-electron chi connectivity index (χ4n) is 2.12. The van der Waals surface area contributed by atoms with Crippen LogP contribution in [-0.2, 0) is 7.05 Å². The van der Waals surface area contributed by atoms with Crippen LogP contribution in [0.4, 0.5) is 5.69 Å². The van der Waals surface area contributed by atoms with Crippen molar-refractivity contribution in [3.8, 4) is 17.3 Å². The zero-order valence-corrected chi connectivity index (χ0v) is 13.5. The van der Waals surface area contributed by atoms with Crippen molar-refractivity contribution >= 4 is 23.2 Å². The molecule has 1 aromatic carbocycles. The normalized spacial score (nSPS) is 10.6. The van der Waals surface area contributed by atoms with Gasteiger partial charge in [-0.05, 0) is 18.2 Å². The fraction of sp³-hybridized carbons (Fsp3) is 0.143. The van der Waals surface area contributed by atoms with Gasteiger partial charge in [-0.2, -0.15) is 5.10 Å². The number of hydrogen-bond donors (Lipinski definition) is 3. The molecule has 0 spiro atoms. The number of benzene rings is 1. The molecule has 3 aromatic rings. The summed E-state index contributed by atoms with van der Waals surface area (Å²) in [6, 6.07) is 4.72. The highest BCUT2D eigenvalue weighted by Gasteiger charge is 2.18. The monoisotopic (exact) mass is 348 g/mol. The molecular formula is C14H13ClN6O3. The minimum Gasteiger partial charge on any atom is -0.496 e. The Morgan fingerprint density at radius 3 is 2.88 bits per heavy atom. The quantitative estimate of drug-likeness (QED) is 0.659. The van der Waals surface area contributed by atoms with Gasteiger partial charge in [0.2, 0.25) is 0 Å². The zero-order valence-electron chi connectivity index (χ0n) is 12.8. The number of amides is 1. The molecule has 2 heterocycles. The van der Waals surface area contributed by atoms with Gasteiger partial charge < -0.3 is 10.1 Å². The van der Waals surface area contributed by atoms with Crippen molar-refractivity contribution in [2.45, 2.75) is 0 Å². The molecule has 124 valence electrons. The summed E-state index contributed by atoms with van der Waals surface area (Å²) in [4.78, 5) is 26.6. The molecule has 0 aliphatic rings. The highest BCUT2D eigenvalue weighted by molar-refractivity contribution is 6.31. The van der Waals surface area contributed by atoms with Crippen LogP contribution in [0.2, 0.25) is 5.02 Å². The molecule has 10 heteroatoms. The summed E-state index contributed by atoms with van der Waals surface area (Å²) < 4.78 is 6.30. The third kappa shape index (κ3) is 2.88. The van der Waals surface area contributed by atoms with E-state index in [1.807, 2.05) is 0 Å². The topological polar surface area (TPSA) is 118 Å². The van der Waals surface area contributed by atoms with Gasteiger partial charge in [-0.1, -0.05) is 11.6 Å². The molecule has 3 rings (SSSR count). The van der Waals surface area contributed by atoms with Crippen LogP contribution >= 0.6 is 11.6 Å². The van der Waals surface area contributed by atoms with Gasteiger partial charge in [0.15, 0.2) is 11.5 Å². The number of methoxy groups -OCH3 is 1. The Balaban J connectivity index is 1.93. The summed E-state index contributed by atoms with van der Waals surface area (Å²) in [5.41, 5.74) is 0.548. The number of carbonyl (C=O) groups excluding carboxylic acids is 1. The average molecular weight is 349 g/mol. The molecule has 3 N–H and O–H groups in total. The lowest BCUT2D eigenvalue weighted by atomic mass is 10.2. The maximum Gasteiger partial charge on any atom is 0.343 e. The van der Waals surface area contributed by atoms with E-state index < -0.39 is 5.91 Å². The van der Waals surface area contributed by atoms with E-state index in [4.69, 9.17) is 16.3 Å². The van der Waals surface area contributed by atoms with Crippen LogP contribution in [0.15, 0.2) is 29.2 Å². The Morgan fingerprint density at radius 1 is 1.42 bits per heavy atom. The molecule has 0 saturated carbocycles. The molecule has 1 amide bonds. The first-order chi connectivity index (χ1) is 11.5. The number of H-pyrrole nitrogens is 2. The number of aromatic nitrogens is 5. The minimum atomic E-state index is -0.435. The van der Waals surface area contributed by atoms with Crippen molar-refractivity contribution in [1.29, 1.82) is 0 Å². The number of nitrogens with zero attached hydrogens (tertiary/aromatic N) is 3. The Labute approximate surface area is 140 Å². The van der Waals surface area contributed by atoms with Crippen LogP contribution in [0.5, 0.6) is 5.75 Å². The lowest BCUT2D eigenvalue weighted by molar-refractivity contribution is 0.102. The summed E-state index contributed by atoms with van der Waals surface area (Å²) in [6.07, 6.45) is 1.48. The number of halogens is 1. The first-order valence-corrected chi connectivity index (χ1v) is 7.19. The predicted molar refractivity (Wildman–Crippen MR) is 87.4 cm³/mol. The molecule has 0 aliphatic heterocycles. The fourth-order valence-corrected chi connectivity index (χ4v) is 2.29. The summed E-state index contributed by atoms with van der Waals surface area (Å²) in [6.45, 7) is 0. The Hall–Kier alpha value is -3.07. The van der Waals surface area contributed by atoms with Crippen molar-refractivity contribution < 1.29 is 9.53 Å². The van der Waals surface area contributed by atoms with Crippen LogP contribution in [0.1, 0.15) is 10.4 Å². The molecule has 0 fully saturated rings. The van der Waals surface area contributed by atoms with E-state index in [0.717, 1.165) is 4.68 Å². The molecule has 0 saturated heterocycles. The molecular weight excluding hydrogens is 336 g/mol. The van der Waals surface area contributed by atoms with Gasteiger partial charge in [0.05, 0.1) is 18.4 Å². The number of ether oxygens (including phenoxy) is 1. The van der Waals surface area contributed by atoms with E-state index in [-0.39, 0.29) is 17.1 Å². The lowest BCUT2D eigenvalue weighted by Gasteiger charge is -2.09. The van der Waals surface area contributed by atoms with Crippen LogP contribution in [0.3, 0.4) is 0 Å². The predicted octanol–water partition coefficient (Wildman–Crippen LogP) is 1.41. The number of aromatic amines is 2. The van der Waals surface area contributed by atoms with Gasteiger partial charge in [-0.15, -0.1) is 5.10 Å². The number of aryl methyl sites for hydroxylation is 1. The second-order valence-electron chi connectivity index (χ2n) is 4.85. The second kappa shape index (κ2) is 6.20. The summed E-state index contributed by atoms with van der Waals surface area (Å²) >= 11 is 5.94. The maximum absolute atomic E-state index is 12.5. The van der Waals surface area contributed by atoms with Crippen LogP contribution in [0.25, 0.3) is 11.5 Å². The molecule has 0 atom stereocenters. The number of nitrogens with one attached hydrogen (secondary N) is 3. The van der Waals surface area contributed by atoms with Crippen LogP contribution in [-0.4, -0.2) is 38.0 Å². The number of rotatable bonds is 4. The van der Waals surface area contributed by atoms with E-state index in [2.05, 4.69) is 25.6 Å². The van der Waals surface area contributed by atoms with Gasteiger partial charge in [0.1, 0.15) is 5.75 Å². The van der Waals surface area contributed by atoms with Crippen molar-refractivity contribution in [3.63, 3.8) is 0 Å². The van der Waals surface area contributed by atoms with Crippen molar-refractivity contribution in [1.82, 2.24) is 25.0 Å². The standard InChI is InChI=1S/C14H13ClN6O3/c1-21-14(23)18-12(20-21)11-9(6-16-19-11)17-13(22)8-5-7(15)3-4-10(8)24-2/h3-6H,1-2H3,(H,16,19)(H,17,22)(H,18,20,23). The largest absolute Gasteiger partial charge is 0.496 e. The zero-order chi connectivity index (χ0) is 17.3. The smallest absolute Gasteiger partial charge is 0.343 e. The number of hydrogen-bond acceptors (Lipinski definition) is 5. The summed E-state index contributed by atoms with van der Waals surface area (Å²) in [7, 11) is 2.96. The van der Waals surface area contributed by atoms with Crippen LogP contribution < -0.4 is 15.7 Å². The summed E-state index contributed by atoms with van der Waals surface area (Å²) in [5, 5.41) is 13.7. The first kappa shape index (κ1) is 15.8. The Kier molecular flexibility index (Phi) is 4.09. The lowest BCUT2D eigenvalue weighted by Crippen LogP contribution is -2.13. The van der Waals surface area contributed by atoms with Crippen molar-refractivity contribution in [2.24, 2.45) is 7.05 Å². The van der Waals surface area contributed by atoms with E-state index in [0.29, 0.717) is 22.2 Å². The van der Waals surface area contributed by atoms with Crippen LogP contribution in [0, 0.1) is 0 Å². The first-order valence-electron chi connectivity index (χ1n) is 6.82. The van der Waals surface area contributed by atoms with E-state index >= 15 is 0 Å². The van der Waals surface area contributed by atoms with Gasteiger partial charge in [-0.3, -0.25) is 14.9 Å². The molecule has 24 heavy (non-hydrogen) atoms. The van der Waals surface area contributed by atoms with E-state index in [1.165, 1.54) is 26.4 Å². The molecule has 2 aromatic heterocycles. The highest BCUT2D eigenvalue weighted by Crippen LogP contribution is 2.26. The van der Waals surface area contributed by atoms with E-state index in [9.17, 15) is 9.59 Å². The Bertz CT molecular complexity index is 958. The molecule has 0 bridgehead atoms. The molecule has 0 radical (unpaired) electrons. The molecule has 0 aliphatic carbocycles. The third-order valence-corrected chi connectivity index (χ3v) is 3.52. The SMILES string of the molecule is COc1ccc(Cl)cc1C(=O)Nc1c[nH]nc1-c1nn(C)c(=O)[nH]1. The Morgan fingerprint density at radius 2 is 2.21 bits per heavy atom. The summed E-state index contributed by atoms with van der Waals surface area (Å²) in [5.74, 6) is 0.181. The number of anilines is 1. The van der Waals surface area contributed by atoms with Crippen molar-refractivity contribution in [2.75, 3.05) is 12.4 Å². The highest BCUT2D eigenvalue weighted by atomic mass is 35.5. The van der Waals surface area contributed by atoms with Crippen molar-refractivity contribution in [3.05, 3.63) is 45.5 Å². The van der Waals surface area contributed by atoms with Gasteiger partial charge in [0.25, 0.3) is 5.91 Å². The van der Waals surface area contributed by atoms with E-state index in [1.54, 1.807) is 12.1 Å². The van der Waals surface area contributed by atoms with Gasteiger partial charge in [-0.25, -0.2) is 9.48 Å². The number of carbonyl (C=O) groups is 1.